The molecule has 1 heterocycles. The van der Waals surface area contributed by atoms with Crippen molar-refractivity contribution in [3.63, 3.8) is 0 Å². The second-order valence-corrected chi connectivity index (χ2v) is 6.21. The summed E-state index contributed by atoms with van der Waals surface area (Å²) in [7, 11) is 3.48. The molecule has 1 atom stereocenters. The first-order valence-electron chi connectivity index (χ1n) is 6.90. The van der Waals surface area contributed by atoms with Crippen LogP contribution in [0.25, 0.3) is 0 Å². The second-order valence-electron chi connectivity index (χ2n) is 5.18. The fraction of sp³-hybridized carbons (Fsp3) is 0.375. The van der Waals surface area contributed by atoms with Gasteiger partial charge >= 0.3 is 0 Å². The molecule has 0 aliphatic heterocycles. The third-order valence-electron chi connectivity index (χ3n) is 3.55. The predicted molar refractivity (Wildman–Crippen MR) is 85.0 cm³/mol. The summed E-state index contributed by atoms with van der Waals surface area (Å²) in [6.45, 7) is 2.42. The number of nitrogens with zero attached hydrogens (tertiary/aromatic N) is 1. The zero-order chi connectivity index (χ0) is 15.4. The Bertz CT molecular complexity index is 561. The SMILES string of the molecule is CNCc1cc(F)c(N(C)C(C)Cc2cccs2)c(F)c1. The fourth-order valence-electron chi connectivity index (χ4n) is 2.34. The van der Waals surface area contributed by atoms with Gasteiger partial charge in [0.1, 0.15) is 17.3 Å². The number of anilines is 1. The molecule has 2 aromatic rings. The molecular formula is C16H20F2N2S. The molecule has 0 amide bonds. The molecule has 0 spiro atoms. The topological polar surface area (TPSA) is 15.3 Å². The third kappa shape index (κ3) is 3.80. The molecule has 0 aliphatic rings. The minimum atomic E-state index is -0.513. The Morgan fingerprint density at radius 2 is 1.95 bits per heavy atom. The summed E-state index contributed by atoms with van der Waals surface area (Å²) >= 11 is 1.66. The lowest BCUT2D eigenvalue weighted by molar-refractivity contribution is 0.556. The van der Waals surface area contributed by atoms with Crippen LogP contribution in [0.4, 0.5) is 14.5 Å². The molecule has 5 heteroatoms. The van der Waals surface area contributed by atoms with Gasteiger partial charge in [0.25, 0.3) is 0 Å². The molecule has 0 saturated heterocycles. The summed E-state index contributed by atoms with van der Waals surface area (Å²) in [6, 6.07) is 6.83. The molecular weight excluding hydrogens is 290 g/mol. The highest BCUT2D eigenvalue weighted by Gasteiger charge is 2.19. The number of thiophene rings is 1. The number of benzene rings is 1. The summed E-state index contributed by atoms with van der Waals surface area (Å²) in [5, 5.41) is 4.90. The minimum Gasteiger partial charge on any atom is -0.367 e. The molecule has 2 rings (SSSR count). The van der Waals surface area contributed by atoms with Crippen LogP contribution in [-0.2, 0) is 13.0 Å². The predicted octanol–water partition coefficient (Wildman–Crippen LogP) is 3.81. The van der Waals surface area contributed by atoms with Gasteiger partial charge in [-0.05, 0) is 43.1 Å². The van der Waals surface area contributed by atoms with Crippen LogP contribution in [0.5, 0.6) is 0 Å². The normalized spacial score (nSPS) is 12.4. The number of hydrogen-bond acceptors (Lipinski definition) is 3. The van der Waals surface area contributed by atoms with Crippen LogP contribution >= 0.6 is 11.3 Å². The van der Waals surface area contributed by atoms with Crippen molar-refractivity contribution in [3.8, 4) is 0 Å². The molecule has 1 N–H and O–H groups in total. The van der Waals surface area contributed by atoms with Gasteiger partial charge in [-0.3, -0.25) is 0 Å². The van der Waals surface area contributed by atoms with Crippen molar-refractivity contribution in [2.45, 2.75) is 25.9 Å². The van der Waals surface area contributed by atoms with Crippen molar-refractivity contribution in [1.82, 2.24) is 5.32 Å². The largest absolute Gasteiger partial charge is 0.367 e. The highest BCUT2D eigenvalue weighted by molar-refractivity contribution is 7.09. The van der Waals surface area contributed by atoms with Gasteiger partial charge in [0, 0.05) is 30.9 Å². The first kappa shape index (κ1) is 15.9. The summed E-state index contributed by atoms with van der Waals surface area (Å²) in [6.07, 6.45) is 0.769. The Balaban J connectivity index is 2.20. The molecule has 114 valence electrons. The van der Waals surface area contributed by atoms with Crippen molar-refractivity contribution in [1.29, 1.82) is 0 Å². The van der Waals surface area contributed by atoms with E-state index in [1.165, 1.54) is 17.0 Å². The fourth-order valence-corrected chi connectivity index (χ4v) is 3.16. The lowest BCUT2D eigenvalue weighted by Crippen LogP contribution is -2.32. The number of rotatable bonds is 6. The van der Waals surface area contributed by atoms with Gasteiger partial charge in [0.05, 0.1) is 0 Å². The lowest BCUT2D eigenvalue weighted by atomic mass is 10.1. The highest BCUT2D eigenvalue weighted by Crippen LogP contribution is 2.27. The zero-order valence-electron chi connectivity index (χ0n) is 12.5. The average molecular weight is 310 g/mol. The van der Waals surface area contributed by atoms with Gasteiger partial charge in [-0.25, -0.2) is 8.78 Å². The van der Waals surface area contributed by atoms with Crippen molar-refractivity contribution in [2.75, 3.05) is 19.0 Å². The summed E-state index contributed by atoms with van der Waals surface area (Å²) in [5.74, 6) is -1.03. The molecule has 1 aromatic heterocycles. The first-order valence-corrected chi connectivity index (χ1v) is 7.78. The Morgan fingerprint density at radius 3 is 2.48 bits per heavy atom. The summed E-state index contributed by atoms with van der Waals surface area (Å²) in [5.41, 5.74) is 0.648. The molecule has 0 fully saturated rings. The highest BCUT2D eigenvalue weighted by atomic mass is 32.1. The maximum absolute atomic E-state index is 14.2. The van der Waals surface area contributed by atoms with Gasteiger partial charge in [0.2, 0.25) is 0 Å². The number of halogens is 2. The van der Waals surface area contributed by atoms with Crippen molar-refractivity contribution >= 4 is 17.0 Å². The average Bonchev–Trinajstić information content (AvgIpc) is 2.91. The van der Waals surface area contributed by atoms with Gasteiger partial charge < -0.3 is 10.2 Å². The zero-order valence-corrected chi connectivity index (χ0v) is 13.3. The second kappa shape index (κ2) is 7.00. The first-order chi connectivity index (χ1) is 10.0. The van der Waals surface area contributed by atoms with E-state index in [1.54, 1.807) is 30.3 Å². The van der Waals surface area contributed by atoms with E-state index in [0.717, 1.165) is 6.42 Å². The number of nitrogens with one attached hydrogen (secondary N) is 1. The van der Waals surface area contributed by atoms with E-state index in [9.17, 15) is 8.78 Å². The van der Waals surface area contributed by atoms with Gasteiger partial charge in [0.15, 0.2) is 0 Å². The molecule has 1 unspecified atom stereocenters. The standard InChI is InChI=1S/C16H20F2N2S/c1-11(7-13-5-4-6-21-13)20(3)16-14(17)8-12(10-19-2)9-15(16)18/h4-6,8-9,11,19H,7,10H2,1-3H3. The van der Waals surface area contributed by atoms with Crippen LogP contribution in [0.1, 0.15) is 17.4 Å². The lowest BCUT2D eigenvalue weighted by Gasteiger charge is -2.27. The van der Waals surface area contributed by atoms with Crippen molar-refractivity contribution in [3.05, 3.63) is 51.7 Å². The molecule has 0 radical (unpaired) electrons. The Morgan fingerprint density at radius 1 is 1.29 bits per heavy atom. The van der Waals surface area contributed by atoms with Crippen LogP contribution in [0.3, 0.4) is 0 Å². The van der Waals surface area contributed by atoms with Crippen LogP contribution in [0, 0.1) is 11.6 Å². The van der Waals surface area contributed by atoms with E-state index in [2.05, 4.69) is 5.32 Å². The molecule has 0 aliphatic carbocycles. The van der Waals surface area contributed by atoms with Crippen LogP contribution < -0.4 is 10.2 Å². The Hall–Kier alpha value is -1.46. The van der Waals surface area contributed by atoms with Crippen LogP contribution in [-0.4, -0.2) is 20.1 Å². The van der Waals surface area contributed by atoms with E-state index in [4.69, 9.17) is 0 Å². The van der Waals surface area contributed by atoms with Crippen molar-refractivity contribution in [2.24, 2.45) is 0 Å². The molecule has 0 bridgehead atoms. The number of hydrogen-bond donors (Lipinski definition) is 1. The van der Waals surface area contributed by atoms with Crippen LogP contribution in [0.2, 0.25) is 0 Å². The van der Waals surface area contributed by atoms with E-state index in [1.807, 2.05) is 24.4 Å². The smallest absolute Gasteiger partial charge is 0.149 e. The number of likely N-dealkylation sites (N-methyl/N-ethyl adjacent to an activating group) is 1. The van der Waals surface area contributed by atoms with Crippen LogP contribution in [0.15, 0.2) is 29.6 Å². The third-order valence-corrected chi connectivity index (χ3v) is 4.45. The minimum absolute atomic E-state index is 0.0165. The van der Waals surface area contributed by atoms with Gasteiger partial charge in [-0.1, -0.05) is 6.07 Å². The van der Waals surface area contributed by atoms with E-state index >= 15 is 0 Å². The summed E-state index contributed by atoms with van der Waals surface area (Å²) < 4.78 is 28.4. The van der Waals surface area contributed by atoms with E-state index in [-0.39, 0.29) is 11.7 Å². The maximum atomic E-state index is 14.2. The van der Waals surface area contributed by atoms with E-state index in [0.29, 0.717) is 12.1 Å². The van der Waals surface area contributed by atoms with Gasteiger partial charge in [-0.2, -0.15) is 0 Å². The Labute approximate surface area is 128 Å². The molecule has 1 aromatic carbocycles. The molecule has 0 saturated carbocycles. The monoisotopic (exact) mass is 310 g/mol. The Kier molecular flexibility index (Phi) is 5.31. The van der Waals surface area contributed by atoms with Gasteiger partial charge in [-0.15, -0.1) is 11.3 Å². The van der Waals surface area contributed by atoms with E-state index < -0.39 is 11.6 Å². The van der Waals surface area contributed by atoms with Crippen molar-refractivity contribution < 1.29 is 8.78 Å². The quantitative estimate of drug-likeness (QED) is 0.873. The molecule has 21 heavy (non-hydrogen) atoms. The molecule has 2 nitrogen and oxygen atoms in total. The summed E-state index contributed by atoms with van der Waals surface area (Å²) in [4.78, 5) is 2.88. The maximum Gasteiger partial charge on any atom is 0.149 e.